The molecule has 18 heavy (non-hydrogen) atoms. The highest BCUT2D eigenvalue weighted by Gasteiger charge is 2.40. The van der Waals surface area contributed by atoms with Crippen LogP contribution < -0.4 is 5.32 Å². The fourth-order valence-corrected chi connectivity index (χ4v) is 2.26. The van der Waals surface area contributed by atoms with Gasteiger partial charge in [-0.05, 0) is 45.3 Å². The number of hydrogen-bond acceptors (Lipinski definition) is 2. The van der Waals surface area contributed by atoms with E-state index in [9.17, 15) is 17.6 Å². The Bertz CT molecular complexity index is 236. The summed E-state index contributed by atoms with van der Waals surface area (Å²) in [4.78, 5) is 2.30. The molecule has 0 amide bonds. The van der Waals surface area contributed by atoms with Crippen LogP contribution in [0.1, 0.15) is 32.6 Å². The first-order chi connectivity index (χ1) is 8.45. The van der Waals surface area contributed by atoms with E-state index in [0.29, 0.717) is 0 Å². The van der Waals surface area contributed by atoms with Crippen molar-refractivity contribution in [3.05, 3.63) is 0 Å². The van der Waals surface area contributed by atoms with Crippen molar-refractivity contribution in [1.29, 1.82) is 0 Å². The standard InChI is InChI=1S/C12H22F4N2/c1-2-6-18-7-3-4-10(5-8-18)17-9-12(15,16)11(13)14/h10-11,17H,2-9H2,1H3. The first kappa shape index (κ1) is 15.7. The summed E-state index contributed by atoms with van der Waals surface area (Å²) in [5.74, 6) is -3.92. The minimum Gasteiger partial charge on any atom is -0.308 e. The second-order valence-electron chi connectivity index (χ2n) is 4.91. The number of alkyl halides is 4. The molecular weight excluding hydrogens is 248 g/mol. The summed E-state index contributed by atoms with van der Waals surface area (Å²) < 4.78 is 49.6. The van der Waals surface area contributed by atoms with Crippen LogP contribution in [-0.2, 0) is 0 Å². The van der Waals surface area contributed by atoms with Crippen LogP contribution in [0.25, 0.3) is 0 Å². The molecule has 0 bridgehead atoms. The summed E-state index contributed by atoms with van der Waals surface area (Å²) >= 11 is 0. The lowest BCUT2D eigenvalue weighted by Gasteiger charge is -2.22. The molecule has 1 atom stereocenters. The average Bonchev–Trinajstić information content (AvgIpc) is 2.52. The van der Waals surface area contributed by atoms with Gasteiger partial charge in [-0.2, -0.15) is 8.78 Å². The van der Waals surface area contributed by atoms with Crippen molar-refractivity contribution in [2.75, 3.05) is 26.2 Å². The van der Waals surface area contributed by atoms with Crippen LogP contribution in [0.4, 0.5) is 17.6 Å². The van der Waals surface area contributed by atoms with Crippen LogP contribution in [0.5, 0.6) is 0 Å². The van der Waals surface area contributed by atoms with E-state index >= 15 is 0 Å². The summed E-state index contributed by atoms with van der Waals surface area (Å²) in [5.41, 5.74) is 0. The fourth-order valence-electron chi connectivity index (χ4n) is 2.26. The molecule has 0 spiro atoms. The van der Waals surface area contributed by atoms with Gasteiger partial charge in [0.2, 0.25) is 0 Å². The van der Waals surface area contributed by atoms with Gasteiger partial charge in [0.25, 0.3) is 0 Å². The highest BCUT2D eigenvalue weighted by molar-refractivity contribution is 4.79. The Morgan fingerprint density at radius 3 is 2.61 bits per heavy atom. The molecule has 1 unspecified atom stereocenters. The lowest BCUT2D eigenvalue weighted by atomic mass is 10.1. The molecule has 6 heteroatoms. The van der Waals surface area contributed by atoms with E-state index in [0.717, 1.165) is 45.3 Å². The molecule has 0 saturated carbocycles. The Labute approximate surface area is 106 Å². The van der Waals surface area contributed by atoms with Crippen molar-refractivity contribution in [3.8, 4) is 0 Å². The molecule has 2 nitrogen and oxygen atoms in total. The quantitative estimate of drug-likeness (QED) is 0.747. The van der Waals surface area contributed by atoms with Gasteiger partial charge in [-0.25, -0.2) is 8.78 Å². The summed E-state index contributed by atoms with van der Waals surface area (Å²) in [5, 5.41) is 2.59. The molecule has 0 aromatic heterocycles. The molecule has 0 radical (unpaired) electrons. The zero-order chi connectivity index (χ0) is 13.6. The fraction of sp³-hybridized carbons (Fsp3) is 1.00. The van der Waals surface area contributed by atoms with E-state index in [1.54, 1.807) is 0 Å². The number of nitrogens with one attached hydrogen (secondary N) is 1. The number of halogens is 4. The van der Waals surface area contributed by atoms with E-state index in [2.05, 4.69) is 17.1 Å². The molecule has 1 aliphatic rings. The molecule has 0 aliphatic carbocycles. The Hall–Kier alpha value is -0.360. The molecule has 1 rings (SSSR count). The van der Waals surface area contributed by atoms with Crippen LogP contribution in [-0.4, -0.2) is 49.5 Å². The van der Waals surface area contributed by atoms with Gasteiger partial charge in [0, 0.05) is 6.04 Å². The highest BCUT2D eigenvalue weighted by atomic mass is 19.3. The maximum atomic E-state index is 12.8. The molecule has 1 fully saturated rings. The summed E-state index contributed by atoms with van der Waals surface area (Å²) in [7, 11) is 0. The largest absolute Gasteiger partial charge is 0.319 e. The second kappa shape index (κ2) is 7.28. The Kier molecular flexibility index (Phi) is 6.35. The van der Waals surface area contributed by atoms with Gasteiger partial charge in [0.05, 0.1) is 6.54 Å². The maximum absolute atomic E-state index is 12.8. The summed E-state index contributed by atoms with van der Waals surface area (Å²) in [6.07, 6.45) is -0.0643. The lowest BCUT2D eigenvalue weighted by Crippen LogP contribution is -2.43. The first-order valence-corrected chi connectivity index (χ1v) is 6.57. The number of likely N-dealkylation sites (tertiary alicyclic amines) is 1. The van der Waals surface area contributed by atoms with Crippen molar-refractivity contribution in [2.24, 2.45) is 0 Å². The molecule has 1 aliphatic heterocycles. The molecule has 0 aromatic carbocycles. The van der Waals surface area contributed by atoms with E-state index in [4.69, 9.17) is 0 Å². The van der Waals surface area contributed by atoms with Crippen molar-refractivity contribution in [3.63, 3.8) is 0 Å². The maximum Gasteiger partial charge on any atom is 0.319 e. The third-order valence-electron chi connectivity index (χ3n) is 3.31. The molecular formula is C12H22F4N2. The van der Waals surface area contributed by atoms with Gasteiger partial charge in [0.15, 0.2) is 0 Å². The van der Waals surface area contributed by atoms with Crippen LogP contribution in [0.2, 0.25) is 0 Å². The lowest BCUT2D eigenvalue weighted by molar-refractivity contribution is -0.126. The third kappa shape index (κ3) is 5.10. The van der Waals surface area contributed by atoms with Gasteiger partial charge in [-0.3, -0.25) is 0 Å². The van der Waals surface area contributed by atoms with E-state index < -0.39 is 18.9 Å². The molecule has 1 saturated heterocycles. The second-order valence-corrected chi connectivity index (χ2v) is 4.91. The van der Waals surface area contributed by atoms with Crippen LogP contribution in [0.3, 0.4) is 0 Å². The van der Waals surface area contributed by atoms with Gasteiger partial charge in [-0.15, -0.1) is 0 Å². The number of rotatable bonds is 6. The monoisotopic (exact) mass is 270 g/mol. The molecule has 1 heterocycles. The average molecular weight is 270 g/mol. The predicted octanol–water partition coefficient (Wildman–Crippen LogP) is 2.74. The smallest absolute Gasteiger partial charge is 0.308 e. The van der Waals surface area contributed by atoms with Crippen molar-refractivity contribution in [2.45, 2.75) is 51.0 Å². The molecule has 0 aromatic rings. The Morgan fingerprint density at radius 2 is 2.00 bits per heavy atom. The van der Waals surface area contributed by atoms with Crippen molar-refractivity contribution < 1.29 is 17.6 Å². The summed E-state index contributed by atoms with van der Waals surface area (Å²) in [6, 6.07) is -0.0727. The zero-order valence-corrected chi connectivity index (χ0v) is 10.8. The van der Waals surface area contributed by atoms with Gasteiger partial charge in [0.1, 0.15) is 0 Å². The van der Waals surface area contributed by atoms with E-state index in [-0.39, 0.29) is 6.04 Å². The minimum atomic E-state index is -3.92. The van der Waals surface area contributed by atoms with Gasteiger partial charge in [-0.1, -0.05) is 6.92 Å². The number of nitrogens with zero attached hydrogens (tertiary/aromatic N) is 1. The SMILES string of the molecule is CCCN1CCCC(NCC(F)(F)C(F)F)CC1. The predicted molar refractivity (Wildman–Crippen MR) is 63.3 cm³/mol. The highest BCUT2D eigenvalue weighted by Crippen LogP contribution is 2.22. The summed E-state index contributed by atoms with van der Waals surface area (Å²) in [6.45, 7) is 4.01. The van der Waals surface area contributed by atoms with Gasteiger partial charge < -0.3 is 10.2 Å². The zero-order valence-electron chi connectivity index (χ0n) is 10.8. The van der Waals surface area contributed by atoms with Crippen molar-refractivity contribution >= 4 is 0 Å². The van der Waals surface area contributed by atoms with E-state index in [1.165, 1.54) is 0 Å². The van der Waals surface area contributed by atoms with Crippen LogP contribution >= 0.6 is 0 Å². The Balaban J connectivity index is 2.31. The Morgan fingerprint density at radius 1 is 1.28 bits per heavy atom. The van der Waals surface area contributed by atoms with Crippen LogP contribution in [0, 0.1) is 0 Å². The topological polar surface area (TPSA) is 15.3 Å². The van der Waals surface area contributed by atoms with Crippen molar-refractivity contribution in [1.82, 2.24) is 10.2 Å². The van der Waals surface area contributed by atoms with Crippen LogP contribution in [0.15, 0.2) is 0 Å². The van der Waals surface area contributed by atoms with E-state index in [1.807, 2.05) is 0 Å². The normalized spacial score (nSPS) is 23.3. The minimum absolute atomic E-state index is 0.0727. The third-order valence-corrected chi connectivity index (χ3v) is 3.31. The molecule has 1 N–H and O–H groups in total. The molecule has 108 valence electrons. The first-order valence-electron chi connectivity index (χ1n) is 6.57. The number of hydrogen-bond donors (Lipinski definition) is 1. The van der Waals surface area contributed by atoms with Gasteiger partial charge >= 0.3 is 12.3 Å².